The van der Waals surface area contributed by atoms with Crippen LogP contribution < -0.4 is 4.90 Å². The third kappa shape index (κ3) is 2.18. The van der Waals surface area contributed by atoms with Gasteiger partial charge >= 0.3 is 0 Å². The van der Waals surface area contributed by atoms with Gasteiger partial charge in [0.05, 0.1) is 0 Å². The molecule has 0 radical (unpaired) electrons. The summed E-state index contributed by atoms with van der Waals surface area (Å²) >= 11 is 3.50. The zero-order chi connectivity index (χ0) is 13.4. The minimum atomic E-state index is 0.116. The van der Waals surface area contributed by atoms with Crippen LogP contribution in [0, 0.1) is 6.92 Å². The normalized spacial score (nSPS) is 19.2. The van der Waals surface area contributed by atoms with Crippen molar-refractivity contribution in [2.45, 2.75) is 18.2 Å². The summed E-state index contributed by atoms with van der Waals surface area (Å²) in [6, 6.07) is 10.0. The maximum absolute atomic E-state index is 12.0. The molecule has 1 amide bonds. The van der Waals surface area contributed by atoms with Crippen molar-refractivity contribution in [1.82, 2.24) is 10.2 Å². The number of nitrogens with zero attached hydrogens (tertiary/aromatic N) is 2. The van der Waals surface area contributed by atoms with Crippen LogP contribution in [0.15, 0.2) is 30.3 Å². The molecule has 98 valence electrons. The number of amides is 1. The Morgan fingerprint density at radius 2 is 2.11 bits per heavy atom. The number of alkyl halides is 1. The van der Waals surface area contributed by atoms with E-state index < -0.39 is 0 Å². The van der Waals surface area contributed by atoms with Gasteiger partial charge in [-0.25, -0.2) is 0 Å². The Morgan fingerprint density at radius 1 is 1.37 bits per heavy atom. The average molecular weight is 320 g/mol. The first-order valence-corrected chi connectivity index (χ1v) is 7.13. The second-order valence-corrected chi connectivity index (χ2v) is 6.01. The second kappa shape index (κ2) is 4.81. The number of hydrogen-bond acceptors (Lipinski definition) is 2. The number of halogens is 1. The summed E-state index contributed by atoms with van der Waals surface area (Å²) in [6.45, 7) is 2.65. The fraction of sp³-hybridized carbons (Fsp3) is 0.286. The van der Waals surface area contributed by atoms with Gasteiger partial charge in [-0.05, 0) is 12.5 Å². The molecule has 2 aromatic rings. The predicted molar refractivity (Wildman–Crippen MR) is 78.4 cm³/mol. The number of aromatic nitrogens is 2. The molecule has 1 aromatic carbocycles. The third-order valence-corrected chi connectivity index (χ3v) is 3.94. The van der Waals surface area contributed by atoms with Crippen LogP contribution in [0.2, 0.25) is 0 Å². The summed E-state index contributed by atoms with van der Waals surface area (Å²) in [4.78, 5) is 14.0. The molecule has 1 N–H and O–H groups in total. The van der Waals surface area contributed by atoms with Gasteiger partial charge in [-0.3, -0.25) is 14.8 Å². The summed E-state index contributed by atoms with van der Waals surface area (Å²) in [6.07, 6.45) is 0.528. The van der Waals surface area contributed by atoms with Crippen LogP contribution in [0.5, 0.6) is 0 Å². The molecule has 0 spiro atoms. The van der Waals surface area contributed by atoms with E-state index in [0.717, 1.165) is 22.6 Å². The van der Waals surface area contributed by atoms with Gasteiger partial charge in [-0.2, -0.15) is 5.10 Å². The van der Waals surface area contributed by atoms with E-state index in [4.69, 9.17) is 0 Å². The lowest BCUT2D eigenvalue weighted by Gasteiger charge is -2.15. The molecule has 0 aliphatic carbocycles. The molecule has 19 heavy (non-hydrogen) atoms. The monoisotopic (exact) mass is 319 g/mol. The number of anilines is 1. The zero-order valence-corrected chi connectivity index (χ0v) is 12.1. The minimum Gasteiger partial charge on any atom is -0.294 e. The summed E-state index contributed by atoms with van der Waals surface area (Å²) < 4.78 is 0. The predicted octanol–water partition coefficient (Wildman–Crippen LogP) is 2.89. The third-order valence-electron chi connectivity index (χ3n) is 3.32. The highest BCUT2D eigenvalue weighted by Crippen LogP contribution is 2.34. The van der Waals surface area contributed by atoms with Gasteiger partial charge in [0.25, 0.3) is 0 Å². The first-order valence-electron chi connectivity index (χ1n) is 6.21. The molecule has 1 saturated heterocycles. The topological polar surface area (TPSA) is 49.0 Å². The first kappa shape index (κ1) is 12.4. The fourth-order valence-electron chi connectivity index (χ4n) is 2.43. The highest BCUT2D eigenvalue weighted by atomic mass is 79.9. The van der Waals surface area contributed by atoms with Gasteiger partial charge in [0.1, 0.15) is 0 Å². The van der Waals surface area contributed by atoms with Gasteiger partial charge in [-0.15, -0.1) is 0 Å². The van der Waals surface area contributed by atoms with Crippen molar-refractivity contribution in [3.63, 3.8) is 0 Å². The Labute approximate surface area is 119 Å². The number of hydrogen-bond donors (Lipinski definition) is 1. The SMILES string of the molecule is Cc1[nH]nc(N2CC(Br)CC2=O)c1-c1ccccc1. The van der Waals surface area contributed by atoms with Crippen LogP contribution in [-0.2, 0) is 4.79 Å². The molecule has 1 aliphatic heterocycles. The van der Waals surface area contributed by atoms with E-state index in [-0.39, 0.29) is 10.7 Å². The van der Waals surface area contributed by atoms with Gasteiger partial charge in [0.15, 0.2) is 5.82 Å². The molecule has 1 unspecified atom stereocenters. The molecular weight excluding hydrogens is 306 g/mol. The lowest BCUT2D eigenvalue weighted by molar-refractivity contribution is -0.117. The van der Waals surface area contributed by atoms with Crippen molar-refractivity contribution in [2.24, 2.45) is 0 Å². The summed E-state index contributed by atoms with van der Waals surface area (Å²) in [5.41, 5.74) is 3.07. The second-order valence-electron chi connectivity index (χ2n) is 4.72. The van der Waals surface area contributed by atoms with Crippen LogP contribution in [0.3, 0.4) is 0 Å². The van der Waals surface area contributed by atoms with Crippen molar-refractivity contribution in [1.29, 1.82) is 0 Å². The summed E-state index contributed by atoms with van der Waals surface area (Å²) in [7, 11) is 0. The molecular formula is C14H14BrN3O. The molecule has 1 fully saturated rings. The largest absolute Gasteiger partial charge is 0.294 e. The quantitative estimate of drug-likeness (QED) is 0.865. The minimum absolute atomic E-state index is 0.116. The molecule has 1 aromatic heterocycles. The van der Waals surface area contributed by atoms with Crippen LogP contribution in [0.4, 0.5) is 5.82 Å². The summed E-state index contributed by atoms with van der Waals surface area (Å²) in [5, 5.41) is 7.31. The van der Waals surface area contributed by atoms with Crippen molar-refractivity contribution >= 4 is 27.7 Å². The van der Waals surface area contributed by atoms with E-state index >= 15 is 0 Å². The highest BCUT2D eigenvalue weighted by molar-refractivity contribution is 9.09. The van der Waals surface area contributed by atoms with Gasteiger partial charge in [-0.1, -0.05) is 46.3 Å². The van der Waals surface area contributed by atoms with E-state index in [9.17, 15) is 4.79 Å². The molecule has 1 aliphatic rings. The van der Waals surface area contributed by atoms with E-state index in [2.05, 4.69) is 26.1 Å². The molecule has 3 rings (SSSR count). The highest BCUT2D eigenvalue weighted by Gasteiger charge is 2.32. The smallest absolute Gasteiger partial charge is 0.229 e. The van der Waals surface area contributed by atoms with Gasteiger partial charge in [0, 0.05) is 29.1 Å². The number of H-pyrrole nitrogens is 1. The number of nitrogens with one attached hydrogen (secondary N) is 1. The lowest BCUT2D eigenvalue weighted by Crippen LogP contribution is -2.25. The van der Waals surface area contributed by atoms with E-state index in [0.29, 0.717) is 13.0 Å². The number of benzene rings is 1. The number of aromatic amines is 1. The molecule has 1 atom stereocenters. The first-order chi connectivity index (χ1) is 9.16. The molecule has 5 heteroatoms. The molecule has 0 bridgehead atoms. The van der Waals surface area contributed by atoms with E-state index in [1.807, 2.05) is 37.3 Å². The maximum Gasteiger partial charge on any atom is 0.229 e. The fourth-order valence-corrected chi connectivity index (χ4v) is 3.00. The van der Waals surface area contributed by atoms with Crippen LogP contribution in [0.25, 0.3) is 11.1 Å². The maximum atomic E-state index is 12.0. The number of rotatable bonds is 2. The number of aryl methyl sites for hydroxylation is 1. The van der Waals surface area contributed by atoms with Crippen LogP contribution in [-0.4, -0.2) is 27.5 Å². The van der Waals surface area contributed by atoms with Crippen LogP contribution >= 0.6 is 15.9 Å². The lowest BCUT2D eigenvalue weighted by atomic mass is 10.1. The van der Waals surface area contributed by atoms with Gasteiger partial charge in [0.2, 0.25) is 5.91 Å². The molecule has 2 heterocycles. The van der Waals surface area contributed by atoms with Crippen molar-refractivity contribution in [3.05, 3.63) is 36.0 Å². The van der Waals surface area contributed by atoms with Gasteiger partial charge < -0.3 is 0 Å². The van der Waals surface area contributed by atoms with Crippen molar-refractivity contribution in [3.8, 4) is 11.1 Å². The standard InChI is InChI=1S/C14H14BrN3O/c1-9-13(10-5-3-2-4-6-10)14(17-16-9)18-8-11(15)7-12(18)19/h2-6,11H,7-8H2,1H3,(H,16,17). The zero-order valence-electron chi connectivity index (χ0n) is 10.6. The summed E-state index contributed by atoms with van der Waals surface area (Å²) in [5.74, 6) is 0.848. The molecule has 0 saturated carbocycles. The van der Waals surface area contributed by atoms with Crippen molar-refractivity contribution in [2.75, 3.05) is 11.4 Å². The Hall–Kier alpha value is -1.62. The molecule has 4 nitrogen and oxygen atoms in total. The number of carbonyl (C=O) groups is 1. The Kier molecular flexibility index (Phi) is 3.14. The Bertz CT molecular complexity index is 608. The van der Waals surface area contributed by atoms with E-state index in [1.54, 1.807) is 4.90 Å². The Morgan fingerprint density at radius 3 is 2.74 bits per heavy atom. The van der Waals surface area contributed by atoms with Crippen molar-refractivity contribution < 1.29 is 4.79 Å². The van der Waals surface area contributed by atoms with Crippen LogP contribution in [0.1, 0.15) is 12.1 Å². The van der Waals surface area contributed by atoms with E-state index in [1.165, 1.54) is 0 Å². The number of carbonyl (C=O) groups excluding carboxylic acids is 1. The Balaban J connectivity index is 2.07. The average Bonchev–Trinajstić information content (AvgIpc) is 2.93.